The molecule has 19 heavy (non-hydrogen) atoms. The molecule has 0 bridgehead atoms. The molecular formula is C15H26N4. The molecule has 106 valence electrons. The molecule has 2 rings (SSSR count). The highest BCUT2D eigenvalue weighted by atomic mass is 15.3. The van der Waals surface area contributed by atoms with Gasteiger partial charge in [0.2, 0.25) is 0 Å². The van der Waals surface area contributed by atoms with Crippen LogP contribution >= 0.6 is 0 Å². The lowest BCUT2D eigenvalue weighted by atomic mass is 9.94. The molecule has 1 saturated heterocycles. The van der Waals surface area contributed by atoms with E-state index in [1.807, 2.05) is 12.4 Å². The van der Waals surface area contributed by atoms with E-state index in [0.29, 0.717) is 12.1 Å². The maximum atomic E-state index is 4.32. The van der Waals surface area contributed by atoms with Crippen molar-refractivity contribution in [2.75, 3.05) is 40.3 Å². The zero-order valence-corrected chi connectivity index (χ0v) is 12.6. The third kappa shape index (κ3) is 3.32. The van der Waals surface area contributed by atoms with Gasteiger partial charge in [-0.25, -0.2) is 0 Å². The fraction of sp³-hybridized carbons (Fsp3) is 0.667. The summed E-state index contributed by atoms with van der Waals surface area (Å²) in [6.45, 7) is 8.70. The van der Waals surface area contributed by atoms with Gasteiger partial charge in [0.15, 0.2) is 0 Å². The summed E-state index contributed by atoms with van der Waals surface area (Å²) in [6.07, 6.45) is 3.89. The lowest BCUT2D eigenvalue weighted by Crippen LogP contribution is -2.55. The van der Waals surface area contributed by atoms with Crippen molar-refractivity contribution in [3.63, 3.8) is 0 Å². The Kier molecular flexibility index (Phi) is 4.91. The molecule has 4 nitrogen and oxygen atoms in total. The summed E-state index contributed by atoms with van der Waals surface area (Å²) in [5.74, 6) is 0. The minimum Gasteiger partial charge on any atom is -0.309 e. The Labute approximate surface area is 116 Å². The summed E-state index contributed by atoms with van der Waals surface area (Å²) in [5.41, 5.74) is 2.65. The minimum absolute atomic E-state index is 0.353. The summed E-state index contributed by atoms with van der Waals surface area (Å²) < 4.78 is 0. The number of aromatic nitrogens is 1. The number of nitrogens with zero attached hydrogens (tertiary/aromatic N) is 3. The molecule has 1 aromatic heterocycles. The number of hydrogen-bond acceptors (Lipinski definition) is 4. The second kappa shape index (κ2) is 6.46. The summed E-state index contributed by atoms with van der Waals surface area (Å²) in [7, 11) is 4.44. The van der Waals surface area contributed by atoms with Gasteiger partial charge < -0.3 is 10.2 Å². The Balaban J connectivity index is 2.26. The van der Waals surface area contributed by atoms with Crippen LogP contribution in [-0.2, 0) is 0 Å². The minimum atomic E-state index is 0.353. The highest BCUT2D eigenvalue weighted by molar-refractivity contribution is 5.27. The van der Waals surface area contributed by atoms with Crippen molar-refractivity contribution >= 4 is 0 Å². The topological polar surface area (TPSA) is 31.4 Å². The Hall–Kier alpha value is -0.970. The van der Waals surface area contributed by atoms with Crippen molar-refractivity contribution in [3.05, 3.63) is 29.6 Å². The van der Waals surface area contributed by atoms with E-state index in [1.54, 1.807) is 0 Å². The van der Waals surface area contributed by atoms with Gasteiger partial charge in [-0.05, 0) is 44.8 Å². The molecule has 0 amide bonds. The van der Waals surface area contributed by atoms with E-state index in [4.69, 9.17) is 0 Å². The number of hydrogen-bond donors (Lipinski definition) is 1. The summed E-state index contributed by atoms with van der Waals surface area (Å²) in [4.78, 5) is 9.20. The van der Waals surface area contributed by atoms with Crippen LogP contribution in [0.1, 0.15) is 24.1 Å². The SMILES string of the molecule is CCNC(c1cnccc1C)C1CN(C)CCN1C. The van der Waals surface area contributed by atoms with Crippen molar-refractivity contribution < 1.29 is 0 Å². The van der Waals surface area contributed by atoms with Crippen LogP contribution < -0.4 is 5.32 Å². The molecule has 0 spiro atoms. The van der Waals surface area contributed by atoms with Gasteiger partial charge in [-0.15, -0.1) is 0 Å². The first kappa shape index (κ1) is 14.4. The van der Waals surface area contributed by atoms with Crippen molar-refractivity contribution in [1.29, 1.82) is 0 Å². The van der Waals surface area contributed by atoms with Gasteiger partial charge in [-0.2, -0.15) is 0 Å². The molecule has 1 fully saturated rings. The fourth-order valence-electron chi connectivity index (χ4n) is 2.88. The van der Waals surface area contributed by atoms with Crippen molar-refractivity contribution in [1.82, 2.24) is 20.1 Å². The largest absolute Gasteiger partial charge is 0.309 e. The molecule has 0 radical (unpaired) electrons. The van der Waals surface area contributed by atoms with Crippen LogP contribution in [0, 0.1) is 6.92 Å². The third-order valence-corrected chi connectivity index (χ3v) is 4.12. The number of likely N-dealkylation sites (N-methyl/N-ethyl adjacent to an activating group) is 3. The van der Waals surface area contributed by atoms with Crippen LogP contribution in [-0.4, -0.2) is 61.1 Å². The van der Waals surface area contributed by atoms with E-state index in [9.17, 15) is 0 Å². The number of aryl methyl sites for hydroxylation is 1. The number of nitrogens with one attached hydrogen (secondary N) is 1. The van der Waals surface area contributed by atoms with E-state index in [-0.39, 0.29) is 0 Å². The smallest absolute Gasteiger partial charge is 0.0508 e. The zero-order chi connectivity index (χ0) is 13.8. The second-order valence-corrected chi connectivity index (χ2v) is 5.58. The molecule has 1 aromatic rings. The first-order valence-corrected chi connectivity index (χ1v) is 7.16. The second-order valence-electron chi connectivity index (χ2n) is 5.58. The van der Waals surface area contributed by atoms with Crippen LogP contribution in [0.5, 0.6) is 0 Å². The van der Waals surface area contributed by atoms with E-state index < -0.39 is 0 Å². The molecule has 2 atom stereocenters. The Bertz CT molecular complexity index is 407. The van der Waals surface area contributed by atoms with Gasteiger partial charge in [0.1, 0.15) is 0 Å². The molecule has 0 aromatic carbocycles. The van der Waals surface area contributed by atoms with Crippen molar-refractivity contribution in [2.24, 2.45) is 0 Å². The van der Waals surface area contributed by atoms with Crippen molar-refractivity contribution in [2.45, 2.75) is 25.9 Å². The van der Waals surface area contributed by atoms with E-state index in [1.165, 1.54) is 11.1 Å². The lowest BCUT2D eigenvalue weighted by Gasteiger charge is -2.42. The molecule has 4 heteroatoms. The summed E-state index contributed by atoms with van der Waals surface area (Å²) >= 11 is 0. The van der Waals surface area contributed by atoms with Crippen LogP contribution in [0.4, 0.5) is 0 Å². The molecule has 0 aliphatic carbocycles. The molecule has 2 unspecified atom stereocenters. The number of piperazine rings is 1. The highest BCUT2D eigenvalue weighted by Gasteiger charge is 2.31. The number of rotatable bonds is 4. The normalized spacial score (nSPS) is 23.5. The fourth-order valence-corrected chi connectivity index (χ4v) is 2.88. The summed E-state index contributed by atoms with van der Waals surface area (Å²) in [5, 5.41) is 3.65. The molecule has 1 N–H and O–H groups in total. The Morgan fingerprint density at radius 1 is 1.42 bits per heavy atom. The molecule has 2 heterocycles. The third-order valence-electron chi connectivity index (χ3n) is 4.12. The molecule has 0 saturated carbocycles. The zero-order valence-electron chi connectivity index (χ0n) is 12.6. The number of pyridine rings is 1. The Morgan fingerprint density at radius 3 is 2.89 bits per heavy atom. The predicted molar refractivity (Wildman–Crippen MR) is 79.3 cm³/mol. The maximum absolute atomic E-state index is 4.32. The monoisotopic (exact) mass is 262 g/mol. The quantitative estimate of drug-likeness (QED) is 0.886. The van der Waals surface area contributed by atoms with E-state index in [2.05, 4.69) is 54.1 Å². The van der Waals surface area contributed by atoms with Gasteiger partial charge in [0.25, 0.3) is 0 Å². The molecule has 1 aliphatic heterocycles. The standard InChI is InChI=1S/C15H26N4/c1-5-17-15(13-10-16-7-6-12(13)2)14-11-18(3)8-9-19(14)4/h6-7,10,14-15,17H,5,8-9,11H2,1-4H3. The van der Waals surface area contributed by atoms with E-state index >= 15 is 0 Å². The van der Waals surface area contributed by atoms with Crippen molar-refractivity contribution in [3.8, 4) is 0 Å². The molecular weight excluding hydrogens is 236 g/mol. The van der Waals surface area contributed by atoms with Crippen LogP contribution in [0.3, 0.4) is 0 Å². The van der Waals surface area contributed by atoms with Gasteiger partial charge >= 0.3 is 0 Å². The predicted octanol–water partition coefficient (Wildman–Crippen LogP) is 1.29. The summed E-state index contributed by atoms with van der Waals surface area (Å²) in [6, 6.07) is 2.96. The molecule has 1 aliphatic rings. The van der Waals surface area contributed by atoms with Crippen LogP contribution in [0.15, 0.2) is 18.5 Å². The van der Waals surface area contributed by atoms with Gasteiger partial charge in [0.05, 0.1) is 6.04 Å². The van der Waals surface area contributed by atoms with Crippen LogP contribution in [0.25, 0.3) is 0 Å². The average Bonchev–Trinajstić information content (AvgIpc) is 2.40. The van der Waals surface area contributed by atoms with Gasteiger partial charge in [-0.1, -0.05) is 6.92 Å². The highest BCUT2D eigenvalue weighted by Crippen LogP contribution is 2.25. The lowest BCUT2D eigenvalue weighted by molar-refractivity contribution is 0.0878. The maximum Gasteiger partial charge on any atom is 0.0508 e. The Morgan fingerprint density at radius 2 is 2.21 bits per heavy atom. The first-order valence-electron chi connectivity index (χ1n) is 7.16. The van der Waals surface area contributed by atoms with Gasteiger partial charge in [-0.3, -0.25) is 9.88 Å². The van der Waals surface area contributed by atoms with Gasteiger partial charge in [0, 0.05) is 38.1 Å². The first-order chi connectivity index (χ1) is 9.13. The van der Waals surface area contributed by atoms with E-state index in [0.717, 1.165) is 26.2 Å². The van der Waals surface area contributed by atoms with Crippen LogP contribution in [0.2, 0.25) is 0 Å². The average molecular weight is 262 g/mol.